The lowest BCUT2D eigenvalue weighted by molar-refractivity contribution is 0.103. The predicted octanol–water partition coefficient (Wildman–Crippen LogP) is 8.16. The number of benzene rings is 5. The monoisotopic (exact) mass is 475 g/mol. The van der Waals surface area contributed by atoms with Crippen LogP contribution in [-0.4, -0.2) is 5.78 Å². The Morgan fingerprint density at radius 3 is 1.56 bits per heavy atom. The molecule has 0 radical (unpaired) electrons. The molecule has 0 amide bonds. The first kappa shape index (κ1) is 22.3. The fourth-order valence-corrected chi connectivity index (χ4v) is 6.81. The molecule has 0 bridgehead atoms. The molecule has 34 heavy (non-hydrogen) atoms. The van der Waals surface area contributed by atoms with Crippen LogP contribution in [0.5, 0.6) is 0 Å². The molecule has 0 aliphatic rings. The third-order valence-electron chi connectivity index (χ3n) is 5.41. The number of hydrogen-bond acceptors (Lipinski definition) is 2. The summed E-state index contributed by atoms with van der Waals surface area (Å²) >= 11 is 1.63. The molecule has 0 atom stereocenters. The molecule has 0 spiro atoms. The van der Waals surface area contributed by atoms with Gasteiger partial charge in [0.25, 0.3) is 0 Å². The van der Waals surface area contributed by atoms with Crippen molar-refractivity contribution in [1.82, 2.24) is 0 Å². The molecule has 0 aromatic heterocycles. The summed E-state index contributed by atoms with van der Waals surface area (Å²) in [4.78, 5) is 19.1. The first-order valence-electron chi connectivity index (χ1n) is 11.1. The molecular weight excluding hydrogens is 452 g/mol. The normalized spacial score (nSPS) is 10.9. The Kier molecular flexibility index (Phi) is 6.94. The van der Waals surface area contributed by atoms with Gasteiger partial charge in [-0.3, -0.25) is 4.79 Å². The van der Waals surface area contributed by atoms with Gasteiger partial charge in [0.15, 0.2) is 20.5 Å². The maximum absolute atomic E-state index is 13.1. The third kappa shape index (κ3) is 5.01. The molecule has 0 aliphatic carbocycles. The highest BCUT2D eigenvalue weighted by Gasteiger charge is 2.28. The molecule has 0 heterocycles. The highest BCUT2D eigenvalue weighted by atomic mass is 32.2. The number of hydrogen-bond donors (Lipinski definition) is 0. The first-order chi connectivity index (χ1) is 16.8. The Balaban J connectivity index is 1.44. The number of carbonyl (C=O) groups excluding carboxylic acids is 1. The Morgan fingerprint density at radius 1 is 0.500 bits per heavy atom. The fourth-order valence-electron chi connectivity index (χ4n) is 3.78. The van der Waals surface area contributed by atoms with Crippen molar-refractivity contribution in [2.75, 3.05) is 0 Å². The van der Waals surface area contributed by atoms with Crippen LogP contribution in [0.4, 0.5) is 0 Å². The van der Waals surface area contributed by atoms with Crippen LogP contribution in [-0.2, 0) is 10.9 Å². The van der Waals surface area contributed by atoms with Crippen LogP contribution in [0, 0.1) is 0 Å². The second-order valence-corrected chi connectivity index (χ2v) is 10.8. The maximum Gasteiger partial charge on any atom is 0.194 e. The molecular formula is C31H23OS2+. The zero-order valence-electron chi connectivity index (χ0n) is 18.5. The zero-order valence-corrected chi connectivity index (χ0v) is 20.1. The van der Waals surface area contributed by atoms with Gasteiger partial charge in [-0.1, -0.05) is 90.6 Å². The van der Waals surface area contributed by atoms with Crippen molar-refractivity contribution in [1.29, 1.82) is 0 Å². The summed E-state index contributed by atoms with van der Waals surface area (Å²) in [7, 11) is -0.169. The quantitative estimate of drug-likeness (QED) is 0.174. The van der Waals surface area contributed by atoms with Gasteiger partial charge in [-0.2, -0.15) is 0 Å². The van der Waals surface area contributed by atoms with E-state index < -0.39 is 0 Å². The SMILES string of the molecule is O=C(c1ccccc1)c1ccccc1Sc1ccc([S+](c2ccccc2)c2ccccc2)cc1. The molecule has 5 rings (SSSR count). The smallest absolute Gasteiger partial charge is 0.194 e. The average Bonchev–Trinajstić information content (AvgIpc) is 2.91. The van der Waals surface area contributed by atoms with Crippen molar-refractivity contribution in [3.63, 3.8) is 0 Å². The van der Waals surface area contributed by atoms with Crippen molar-refractivity contribution < 1.29 is 4.79 Å². The highest BCUT2D eigenvalue weighted by Crippen LogP contribution is 2.35. The van der Waals surface area contributed by atoms with Crippen LogP contribution in [0.25, 0.3) is 0 Å². The minimum atomic E-state index is -0.169. The van der Waals surface area contributed by atoms with Crippen molar-refractivity contribution in [2.24, 2.45) is 0 Å². The second kappa shape index (κ2) is 10.6. The molecule has 0 fully saturated rings. The molecule has 5 aromatic rings. The summed E-state index contributed by atoms with van der Waals surface area (Å²) in [6, 6.07) is 47.4. The van der Waals surface area contributed by atoms with E-state index in [9.17, 15) is 4.79 Å². The van der Waals surface area contributed by atoms with Crippen molar-refractivity contribution in [3.8, 4) is 0 Å². The summed E-state index contributed by atoms with van der Waals surface area (Å²) in [6.45, 7) is 0. The lowest BCUT2D eigenvalue weighted by atomic mass is 10.0. The molecule has 164 valence electrons. The fraction of sp³-hybridized carbons (Fsp3) is 0. The van der Waals surface area contributed by atoms with Crippen LogP contribution in [0.1, 0.15) is 15.9 Å². The molecule has 0 saturated heterocycles. The molecule has 0 unspecified atom stereocenters. The van der Waals surface area contributed by atoms with Gasteiger partial charge >= 0.3 is 0 Å². The lowest BCUT2D eigenvalue weighted by Crippen LogP contribution is -2.04. The summed E-state index contributed by atoms with van der Waals surface area (Å²) < 4.78 is 0. The topological polar surface area (TPSA) is 17.1 Å². The van der Waals surface area contributed by atoms with Crippen LogP contribution in [0.15, 0.2) is 164 Å². The average molecular weight is 476 g/mol. The number of rotatable bonds is 7. The number of ketones is 1. The standard InChI is InChI=1S/C31H23OS2/c32-31(24-12-4-1-5-13-24)29-18-10-11-19-30(29)33-25-20-22-28(23-21-25)34(26-14-6-2-7-15-26)27-16-8-3-9-17-27/h1-23H/q+1. The molecule has 0 aliphatic heterocycles. The van der Waals surface area contributed by atoms with Crippen molar-refractivity contribution >= 4 is 28.4 Å². The van der Waals surface area contributed by atoms with Gasteiger partial charge in [0.05, 0.1) is 10.9 Å². The predicted molar refractivity (Wildman–Crippen MR) is 142 cm³/mol. The summed E-state index contributed by atoms with van der Waals surface area (Å²) in [5, 5.41) is 0. The van der Waals surface area contributed by atoms with E-state index in [4.69, 9.17) is 0 Å². The number of carbonyl (C=O) groups is 1. The van der Waals surface area contributed by atoms with Gasteiger partial charge in [0, 0.05) is 20.9 Å². The zero-order chi connectivity index (χ0) is 23.2. The molecule has 3 heteroatoms. The Hall–Kier alpha value is -3.53. The van der Waals surface area contributed by atoms with Gasteiger partial charge in [-0.05, 0) is 60.7 Å². The Morgan fingerprint density at radius 2 is 0.971 bits per heavy atom. The summed E-state index contributed by atoms with van der Waals surface area (Å²) in [6.07, 6.45) is 0. The van der Waals surface area contributed by atoms with Crippen molar-refractivity contribution in [3.05, 3.63) is 151 Å². The maximum atomic E-state index is 13.1. The Labute approximate surface area is 207 Å². The van der Waals surface area contributed by atoms with E-state index >= 15 is 0 Å². The molecule has 0 N–H and O–H groups in total. The first-order valence-corrected chi connectivity index (χ1v) is 13.1. The van der Waals surface area contributed by atoms with Gasteiger partial charge in [0.2, 0.25) is 0 Å². The van der Waals surface area contributed by atoms with E-state index in [1.165, 1.54) is 14.7 Å². The third-order valence-corrected chi connectivity index (χ3v) is 8.73. The van der Waals surface area contributed by atoms with Crippen LogP contribution in [0.2, 0.25) is 0 Å². The Bertz CT molecular complexity index is 1330. The van der Waals surface area contributed by atoms with Gasteiger partial charge in [0.1, 0.15) is 0 Å². The highest BCUT2D eigenvalue weighted by molar-refractivity contribution is 7.99. The van der Waals surface area contributed by atoms with Crippen LogP contribution < -0.4 is 0 Å². The minimum Gasteiger partial charge on any atom is -0.289 e. The minimum absolute atomic E-state index is 0.0509. The molecule has 1 nitrogen and oxygen atoms in total. The van der Waals surface area contributed by atoms with E-state index in [2.05, 4.69) is 84.9 Å². The van der Waals surface area contributed by atoms with Crippen LogP contribution >= 0.6 is 11.8 Å². The van der Waals surface area contributed by atoms with E-state index in [-0.39, 0.29) is 16.7 Å². The van der Waals surface area contributed by atoms with E-state index in [0.29, 0.717) is 5.56 Å². The van der Waals surface area contributed by atoms with Gasteiger partial charge < -0.3 is 0 Å². The van der Waals surface area contributed by atoms with E-state index in [1.807, 2.05) is 54.6 Å². The lowest BCUT2D eigenvalue weighted by Gasteiger charge is -2.10. The van der Waals surface area contributed by atoms with Gasteiger partial charge in [-0.15, -0.1) is 0 Å². The van der Waals surface area contributed by atoms with Crippen LogP contribution in [0.3, 0.4) is 0 Å². The van der Waals surface area contributed by atoms with E-state index in [1.54, 1.807) is 11.8 Å². The molecule has 0 saturated carbocycles. The largest absolute Gasteiger partial charge is 0.289 e. The summed E-state index contributed by atoms with van der Waals surface area (Å²) in [5.74, 6) is 0.0509. The molecule has 5 aromatic carbocycles. The van der Waals surface area contributed by atoms with E-state index in [0.717, 1.165) is 15.4 Å². The van der Waals surface area contributed by atoms with Crippen molar-refractivity contribution in [2.45, 2.75) is 24.5 Å². The van der Waals surface area contributed by atoms with Gasteiger partial charge in [-0.25, -0.2) is 0 Å². The summed E-state index contributed by atoms with van der Waals surface area (Å²) in [5.41, 5.74) is 1.44. The second-order valence-electron chi connectivity index (χ2n) is 7.70.